The number of nitro benzene ring substituents is 1. The normalized spacial score (nSPS) is 15.3. The molecular weight excluding hydrogens is 432 g/mol. The van der Waals surface area contributed by atoms with Crippen LogP contribution in [0.5, 0.6) is 0 Å². The van der Waals surface area contributed by atoms with Gasteiger partial charge in [0.05, 0.1) is 16.9 Å². The zero-order valence-corrected chi connectivity index (χ0v) is 19.0. The highest BCUT2D eigenvalue weighted by atomic mass is 32.2. The summed E-state index contributed by atoms with van der Waals surface area (Å²) in [5.41, 5.74) is 1.92. The van der Waals surface area contributed by atoms with Crippen LogP contribution in [0, 0.1) is 10.1 Å². The van der Waals surface area contributed by atoms with Crippen LogP contribution in [-0.4, -0.2) is 49.5 Å². The molecule has 0 aromatic heterocycles. The van der Waals surface area contributed by atoms with Crippen molar-refractivity contribution in [2.45, 2.75) is 38.9 Å². The highest BCUT2D eigenvalue weighted by molar-refractivity contribution is 7.92. The molecule has 0 spiro atoms. The first-order valence-corrected chi connectivity index (χ1v) is 12.3. The molecule has 2 aromatic rings. The van der Waals surface area contributed by atoms with Gasteiger partial charge in [-0.1, -0.05) is 30.3 Å². The molecule has 3 rings (SSSR count). The first kappa shape index (κ1) is 23.7. The van der Waals surface area contributed by atoms with E-state index in [9.17, 15) is 23.3 Å². The summed E-state index contributed by atoms with van der Waals surface area (Å²) in [5, 5.41) is 13.9. The van der Waals surface area contributed by atoms with Gasteiger partial charge in [-0.2, -0.15) is 0 Å². The van der Waals surface area contributed by atoms with Gasteiger partial charge in [0.2, 0.25) is 15.9 Å². The average Bonchev–Trinajstić information content (AvgIpc) is 3.25. The Bertz CT molecular complexity index is 1080. The maximum Gasteiger partial charge on any atom is 0.271 e. The van der Waals surface area contributed by atoms with E-state index < -0.39 is 26.9 Å². The molecule has 1 heterocycles. The molecule has 0 bridgehead atoms. The van der Waals surface area contributed by atoms with E-state index in [1.807, 2.05) is 24.3 Å². The Kier molecular flexibility index (Phi) is 7.47. The minimum Gasteiger partial charge on any atom is -0.350 e. The summed E-state index contributed by atoms with van der Waals surface area (Å²) in [7, 11) is -3.87. The van der Waals surface area contributed by atoms with E-state index in [-0.39, 0.29) is 17.9 Å². The molecular formula is C22H28N4O5S. The van der Waals surface area contributed by atoms with Crippen molar-refractivity contribution < 1.29 is 18.1 Å². The van der Waals surface area contributed by atoms with Gasteiger partial charge in [-0.15, -0.1) is 0 Å². The van der Waals surface area contributed by atoms with E-state index in [4.69, 9.17) is 0 Å². The molecule has 0 unspecified atom stereocenters. The molecule has 1 amide bonds. The molecule has 1 N–H and O–H groups in total. The maximum atomic E-state index is 12.9. The fourth-order valence-electron chi connectivity index (χ4n) is 3.95. The standard InChI is InChI=1S/C22H28N4O5S/c1-17(25(32(2,30)31)20-10-7-11-21(14-20)26(28)29)22(27)23-15-18-8-3-4-9-19(18)16-24-12-5-6-13-24/h3-4,7-11,14,17H,5-6,12-13,15-16H2,1-2H3,(H,23,27)/t17-/m1/s1. The Hall–Kier alpha value is -2.98. The monoisotopic (exact) mass is 460 g/mol. The molecule has 1 aliphatic rings. The predicted octanol–water partition coefficient (Wildman–Crippen LogP) is 2.66. The molecule has 172 valence electrons. The zero-order chi connectivity index (χ0) is 23.3. The minimum absolute atomic E-state index is 0.0683. The summed E-state index contributed by atoms with van der Waals surface area (Å²) in [6, 6.07) is 12.0. The van der Waals surface area contributed by atoms with Crippen molar-refractivity contribution in [1.82, 2.24) is 10.2 Å². The number of likely N-dealkylation sites (tertiary alicyclic amines) is 1. The smallest absolute Gasteiger partial charge is 0.271 e. The second kappa shape index (κ2) is 10.1. The van der Waals surface area contributed by atoms with Crippen LogP contribution in [0.25, 0.3) is 0 Å². The van der Waals surface area contributed by atoms with Crippen molar-refractivity contribution in [1.29, 1.82) is 0 Å². The van der Waals surface area contributed by atoms with Gasteiger partial charge in [0.1, 0.15) is 6.04 Å². The molecule has 9 nitrogen and oxygen atoms in total. The number of sulfonamides is 1. The second-order valence-corrected chi connectivity index (χ2v) is 9.84. The van der Waals surface area contributed by atoms with E-state index in [0.29, 0.717) is 0 Å². The van der Waals surface area contributed by atoms with Crippen LogP contribution in [0.3, 0.4) is 0 Å². The minimum atomic E-state index is -3.87. The first-order chi connectivity index (χ1) is 15.2. The third-order valence-corrected chi connectivity index (χ3v) is 6.79. The molecule has 32 heavy (non-hydrogen) atoms. The number of carbonyl (C=O) groups excluding carboxylic acids is 1. The Labute approximate surface area is 188 Å². The Balaban J connectivity index is 1.75. The quantitative estimate of drug-likeness (QED) is 0.455. The lowest BCUT2D eigenvalue weighted by Gasteiger charge is -2.28. The van der Waals surface area contributed by atoms with Gasteiger partial charge in [-0.05, 0) is 50.0 Å². The predicted molar refractivity (Wildman–Crippen MR) is 123 cm³/mol. The van der Waals surface area contributed by atoms with Crippen LogP contribution in [-0.2, 0) is 27.9 Å². The number of hydrogen-bond acceptors (Lipinski definition) is 6. The van der Waals surface area contributed by atoms with Gasteiger partial charge in [-0.25, -0.2) is 8.42 Å². The van der Waals surface area contributed by atoms with Crippen LogP contribution in [0.15, 0.2) is 48.5 Å². The zero-order valence-electron chi connectivity index (χ0n) is 18.2. The van der Waals surface area contributed by atoms with Gasteiger partial charge in [-0.3, -0.25) is 24.1 Å². The van der Waals surface area contributed by atoms with Crippen molar-refractivity contribution in [3.8, 4) is 0 Å². The van der Waals surface area contributed by atoms with Gasteiger partial charge in [0, 0.05) is 25.2 Å². The van der Waals surface area contributed by atoms with E-state index in [2.05, 4.69) is 10.2 Å². The van der Waals surface area contributed by atoms with Crippen molar-refractivity contribution in [3.63, 3.8) is 0 Å². The average molecular weight is 461 g/mol. The van der Waals surface area contributed by atoms with Crippen molar-refractivity contribution in [2.75, 3.05) is 23.7 Å². The molecule has 10 heteroatoms. The molecule has 1 aliphatic heterocycles. The topological polar surface area (TPSA) is 113 Å². The SMILES string of the molecule is C[C@H](C(=O)NCc1ccccc1CN1CCCC1)N(c1cccc([N+](=O)[O-])c1)S(C)(=O)=O. The van der Waals surface area contributed by atoms with Gasteiger partial charge in [0.15, 0.2) is 0 Å². The number of anilines is 1. The van der Waals surface area contributed by atoms with Crippen LogP contribution in [0.1, 0.15) is 30.9 Å². The molecule has 2 aromatic carbocycles. The molecule has 0 radical (unpaired) electrons. The summed E-state index contributed by atoms with van der Waals surface area (Å²) in [4.78, 5) is 25.8. The number of benzene rings is 2. The van der Waals surface area contributed by atoms with Gasteiger partial charge < -0.3 is 5.32 Å². The largest absolute Gasteiger partial charge is 0.350 e. The van der Waals surface area contributed by atoms with Crippen LogP contribution < -0.4 is 9.62 Å². The fourth-order valence-corrected chi connectivity index (χ4v) is 5.12. The van der Waals surface area contributed by atoms with E-state index in [1.165, 1.54) is 38.0 Å². The lowest BCUT2D eigenvalue weighted by atomic mass is 10.1. The number of nitrogens with zero attached hydrogens (tertiary/aromatic N) is 3. The van der Waals surface area contributed by atoms with Crippen molar-refractivity contribution >= 4 is 27.3 Å². The number of nitrogens with one attached hydrogen (secondary N) is 1. The number of carbonyl (C=O) groups is 1. The van der Waals surface area contributed by atoms with E-state index >= 15 is 0 Å². The molecule has 1 fully saturated rings. The number of non-ortho nitro benzene ring substituents is 1. The summed E-state index contributed by atoms with van der Waals surface area (Å²) >= 11 is 0. The Morgan fingerprint density at radius 1 is 1.16 bits per heavy atom. The fraction of sp³-hybridized carbons (Fsp3) is 0.409. The van der Waals surface area contributed by atoms with E-state index in [0.717, 1.165) is 47.4 Å². The van der Waals surface area contributed by atoms with Crippen LogP contribution >= 0.6 is 0 Å². The Morgan fingerprint density at radius 2 is 1.81 bits per heavy atom. The van der Waals surface area contributed by atoms with Crippen molar-refractivity contribution in [2.24, 2.45) is 0 Å². The summed E-state index contributed by atoms with van der Waals surface area (Å²) in [6.07, 6.45) is 3.35. The van der Waals surface area contributed by atoms with Gasteiger partial charge in [0.25, 0.3) is 5.69 Å². The molecule has 1 saturated heterocycles. The second-order valence-electron chi connectivity index (χ2n) is 7.98. The third-order valence-electron chi connectivity index (χ3n) is 5.55. The number of rotatable bonds is 9. The lowest BCUT2D eigenvalue weighted by molar-refractivity contribution is -0.384. The number of amides is 1. The molecule has 1 atom stereocenters. The summed E-state index contributed by atoms with van der Waals surface area (Å²) in [6.45, 7) is 4.66. The lowest BCUT2D eigenvalue weighted by Crippen LogP contribution is -2.47. The van der Waals surface area contributed by atoms with Crippen LogP contribution in [0.4, 0.5) is 11.4 Å². The first-order valence-electron chi connectivity index (χ1n) is 10.5. The third kappa shape index (κ3) is 5.83. The van der Waals surface area contributed by atoms with Gasteiger partial charge >= 0.3 is 0 Å². The van der Waals surface area contributed by atoms with E-state index in [1.54, 1.807) is 0 Å². The van der Waals surface area contributed by atoms with Crippen LogP contribution in [0.2, 0.25) is 0 Å². The molecule has 0 aliphatic carbocycles. The number of hydrogen-bond donors (Lipinski definition) is 1. The highest BCUT2D eigenvalue weighted by Crippen LogP contribution is 2.25. The summed E-state index contributed by atoms with van der Waals surface area (Å²) < 4.78 is 25.8. The maximum absolute atomic E-state index is 12.9. The van der Waals surface area contributed by atoms with Crippen molar-refractivity contribution in [3.05, 3.63) is 69.8 Å². The number of nitro groups is 1. The summed E-state index contributed by atoms with van der Waals surface area (Å²) in [5.74, 6) is -0.488. The Morgan fingerprint density at radius 3 is 2.44 bits per heavy atom. The molecule has 0 saturated carbocycles. The highest BCUT2D eigenvalue weighted by Gasteiger charge is 2.30.